The van der Waals surface area contributed by atoms with Crippen LogP contribution in [0, 0.1) is 25.2 Å². The maximum Gasteiger partial charge on any atom is 0.251 e. The number of hydrogen-bond acceptors (Lipinski definition) is 3. The van der Waals surface area contributed by atoms with Crippen molar-refractivity contribution in [3.8, 4) is 6.07 Å². The van der Waals surface area contributed by atoms with E-state index in [9.17, 15) is 4.79 Å². The first kappa shape index (κ1) is 13.8. The Bertz CT molecular complexity index is 630. The first-order valence-electron chi connectivity index (χ1n) is 6.39. The van der Waals surface area contributed by atoms with E-state index in [-0.39, 0.29) is 5.91 Å². The molecule has 0 bridgehead atoms. The summed E-state index contributed by atoms with van der Waals surface area (Å²) in [6.45, 7) is 5.16. The van der Waals surface area contributed by atoms with Gasteiger partial charge in [0.1, 0.15) is 5.82 Å². The quantitative estimate of drug-likeness (QED) is 0.919. The number of amides is 1. The molecule has 1 aromatic heterocycles. The van der Waals surface area contributed by atoms with E-state index in [0.29, 0.717) is 24.2 Å². The molecule has 20 heavy (non-hydrogen) atoms. The summed E-state index contributed by atoms with van der Waals surface area (Å²) in [5.74, 6) is 0.806. The van der Waals surface area contributed by atoms with Crippen molar-refractivity contribution in [1.29, 1.82) is 5.26 Å². The molecule has 0 spiro atoms. The van der Waals surface area contributed by atoms with Gasteiger partial charge in [0, 0.05) is 30.5 Å². The van der Waals surface area contributed by atoms with E-state index in [1.165, 1.54) is 0 Å². The maximum atomic E-state index is 11.9. The summed E-state index contributed by atoms with van der Waals surface area (Å²) in [4.78, 5) is 16.1. The van der Waals surface area contributed by atoms with Crippen LogP contribution < -0.4 is 5.32 Å². The number of aromatic nitrogens is 2. The van der Waals surface area contributed by atoms with Gasteiger partial charge in [-0.15, -0.1) is 0 Å². The molecule has 102 valence electrons. The van der Waals surface area contributed by atoms with Gasteiger partial charge in [-0.2, -0.15) is 5.26 Å². The Morgan fingerprint density at radius 1 is 1.35 bits per heavy atom. The zero-order valence-corrected chi connectivity index (χ0v) is 11.6. The van der Waals surface area contributed by atoms with Crippen molar-refractivity contribution >= 4 is 5.91 Å². The maximum absolute atomic E-state index is 11.9. The molecule has 0 aliphatic heterocycles. The molecule has 0 aliphatic rings. The van der Waals surface area contributed by atoms with Gasteiger partial charge in [0.05, 0.1) is 11.6 Å². The standard InChI is InChI=1S/C15H16N4O/c1-11-10-18-12(2)19(11)8-7-17-15(20)14-5-3-13(9-16)4-6-14/h3-6,10H,7-8H2,1-2H3,(H,17,20). The fourth-order valence-electron chi connectivity index (χ4n) is 2.00. The predicted octanol–water partition coefficient (Wildman–Crippen LogP) is 1.80. The molecule has 0 aliphatic carbocycles. The Morgan fingerprint density at radius 3 is 2.60 bits per heavy atom. The van der Waals surface area contributed by atoms with Gasteiger partial charge in [-0.25, -0.2) is 4.98 Å². The van der Waals surface area contributed by atoms with Crippen LogP contribution in [0.1, 0.15) is 27.4 Å². The SMILES string of the molecule is Cc1cnc(C)n1CCNC(=O)c1ccc(C#N)cc1. The fourth-order valence-corrected chi connectivity index (χ4v) is 2.00. The number of nitrogens with zero attached hydrogens (tertiary/aromatic N) is 3. The average molecular weight is 268 g/mol. The molecule has 5 heteroatoms. The second-order valence-electron chi connectivity index (χ2n) is 4.54. The van der Waals surface area contributed by atoms with Crippen LogP contribution in [-0.2, 0) is 6.54 Å². The van der Waals surface area contributed by atoms with E-state index >= 15 is 0 Å². The van der Waals surface area contributed by atoms with Gasteiger partial charge < -0.3 is 9.88 Å². The Hall–Kier alpha value is -2.61. The third-order valence-electron chi connectivity index (χ3n) is 3.15. The molecule has 0 radical (unpaired) electrons. The van der Waals surface area contributed by atoms with E-state index in [0.717, 1.165) is 11.5 Å². The highest BCUT2D eigenvalue weighted by Crippen LogP contribution is 2.04. The summed E-state index contributed by atoms with van der Waals surface area (Å²) in [6.07, 6.45) is 1.82. The molecule has 1 aromatic carbocycles. The number of hydrogen-bond donors (Lipinski definition) is 1. The van der Waals surface area contributed by atoms with Crippen LogP contribution >= 0.6 is 0 Å². The lowest BCUT2D eigenvalue weighted by Gasteiger charge is -2.09. The molecule has 0 atom stereocenters. The normalized spacial score (nSPS) is 10.1. The van der Waals surface area contributed by atoms with E-state index in [4.69, 9.17) is 5.26 Å². The molecule has 1 N–H and O–H groups in total. The summed E-state index contributed by atoms with van der Waals surface area (Å²) in [7, 11) is 0. The summed E-state index contributed by atoms with van der Waals surface area (Å²) in [6, 6.07) is 8.61. The molecular formula is C15H16N4O. The predicted molar refractivity (Wildman–Crippen MR) is 75.2 cm³/mol. The second-order valence-corrected chi connectivity index (χ2v) is 4.54. The molecular weight excluding hydrogens is 252 g/mol. The van der Waals surface area contributed by atoms with Crippen molar-refractivity contribution < 1.29 is 4.79 Å². The van der Waals surface area contributed by atoms with Gasteiger partial charge in [-0.1, -0.05) is 0 Å². The van der Waals surface area contributed by atoms with Crippen molar-refractivity contribution in [2.75, 3.05) is 6.54 Å². The van der Waals surface area contributed by atoms with Crippen molar-refractivity contribution in [3.05, 3.63) is 53.1 Å². The van der Waals surface area contributed by atoms with Gasteiger partial charge in [0.25, 0.3) is 5.91 Å². The van der Waals surface area contributed by atoms with Gasteiger partial charge >= 0.3 is 0 Å². The number of nitrogens with one attached hydrogen (secondary N) is 1. The molecule has 1 amide bonds. The number of benzene rings is 1. The second kappa shape index (κ2) is 6.02. The van der Waals surface area contributed by atoms with Crippen LogP contribution in [0.15, 0.2) is 30.5 Å². The fraction of sp³-hybridized carbons (Fsp3) is 0.267. The highest BCUT2D eigenvalue weighted by Gasteiger charge is 2.06. The molecule has 0 fully saturated rings. The lowest BCUT2D eigenvalue weighted by Crippen LogP contribution is -2.27. The van der Waals surface area contributed by atoms with Gasteiger partial charge in [-0.05, 0) is 38.1 Å². The van der Waals surface area contributed by atoms with Crippen molar-refractivity contribution in [1.82, 2.24) is 14.9 Å². The minimum absolute atomic E-state index is 0.134. The topological polar surface area (TPSA) is 70.7 Å². The van der Waals surface area contributed by atoms with Crippen LogP contribution in [0.3, 0.4) is 0 Å². The number of rotatable bonds is 4. The van der Waals surface area contributed by atoms with Crippen molar-refractivity contribution in [2.24, 2.45) is 0 Å². The van der Waals surface area contributed by atoms with Gasteiger partial charge in [-0.3, -0.25) is 4.79 Å². The first-order chi connectivity index (χ1) is 9.61. The molecule has 5 nitrogen and oxygen atoms in total. The smallest absolute Gasteiger partial charge is 0.251 e. The zero-order chi connectivity index (χ0) is 14.5. The van der Waals surface area contributed by atoms with E-state index in [2.05, 4.69) is 14.9 Å². The molecule has 0 unspecified atom stereocenters. The van der Waals surface area contributed by atoms with Gasteiger partial charge in [0.15, 0.2) is 0 Å². The summed E-state index contributed by atoms with van der Waals surface area (Å²) < 4.78 is 2.05. The van der Waals surface area contributed by atoms with Crippen LogP contribution in [0.4, 0.5) is 0 Å². The third-order valence-corrected chi connectivity index (χ3v) is 3.15. The summed E-state index contributed by atoms with van der Waals surface area (Å²) in [5.41, 5.74) is 2.18. The molecule has 2 rings (SSSR count). The monoisotopic (exact) mass is 268 g/mol. The third kappa shape index (κ3) is 3.04. The number of carbonyl (C=O) groups is 1. The minimum atomic E-state index is -0.134. The highest BCUT2D eigenvalue weighted by molar-refractivity contribution is 5.94. The highest BCUT2D eigenvalue weighted by atomic mass is 16.1. The number of aryl methyl sites for hydroxylation is 2. The minimum Gasteiger partial charge on any atom is -0.350 e. The van der Waals surface area contributed by atoms with E-state index < -0.39 is 0 Å². The Balaban J connectivity index is 1.91. The summed E-state index contributed by atoms with van der Waals surface area (Å²) >= 11 is 0. The van der Waals surface area contributed by atoms with Crippen LogP contribution in [0.5, 0.6) is 0 Å². The Labute approximate surface area is 117 Å². The van der Waals surface area contributed by atoms with Gasteiger partial charge in [0.2, 0.25) is 0 Å². The van der Waals surface area contributed by atoms with E-state index in [1.807, 2.05) is 26.1 Å². The van der Waals surface area contributed by atoms with Crippen LogP contribution in [-0.4, -0.2) is 22.0 Å². The molecule has 0 saturated carbocycles. The van der Waals surface area contributed by atoms with Crippen molar-refractivity contribution in [3.63, 3.8) is 0 Å². The van der Waals surface area contributed by atoms with Crippen LogP contribution in [0.2, 0.25) is 0 Å². The number of nitriles is 1. The lowest BCUT2D eigenvalue weighted by molar-refractivity contribution is 0.0952. The average Bonchev–Trinajstić information content (AvgIpc) is 2.79. The van der Waals surface area contributed by atoms with Crippen LogP contribution in [0.25, 0.3) is 0 Å². The zero-order valence-electron chi connectivity index (χ0n) is 11.6. The first-order valence-corrected chi connectivity index (χ1v) is 6.39. The lowest BCUT2D eigenvalue weighted by atomic mass is 10.1. The molecule has 2 aromatic rings. The Morgan fingerprint density at radius 2 is 2.05 bits per heavy atom. The number of imidazole rings is 1. The largest absolute Gasteiger partial charge is 0.350 e. The van der Waals surface area contributed by atoms with Crippen molar-refractivity contribution in [2.45, 2.75) is 20.4 Å². The number of carbonyl (C=O) groups excluding carboxylic acids is 1. The molecule has 0 saturated heterocycles. The van der Waals surface area contributed by atoms with E-state index in [1.54, 1.807) is 24.3 Å². The Kier molecular flexibility index (Phi) is 4.16. The molecule has 1 heterocycles. The summed E-state index contributed by atoms with van der Waals surface area (Å²) in [5, 5.41) is 11.6.